The average molecular weight is 398 g/mol. The summed E-state index contributed by atoms with van der Waals surface area (Å²) >= 11 is 11.9. The Hall–Kier alpha value is -2.89. The van der Waals surface area contributed by atoms with Gasteiger partial charge < -0.3 is 4.74 Å². The smallest absolute Gasteiger partial charge is 0.363 e. The number of aliphatic imine (C=N–C) groups is 1. The quantitative estimate of drug-likeness (QED) is 0.478. The van der Waals surface area contributed by atoms with Crippen molar-refractivity contribution in [2.45, 2.75) is 6.54 Å². The molecule has 0 bridgehead atoms. The maximum Gasteiger partial charge on any atom is 0.363 e. The minimum atomic E-state index is -0.521. The Morgan fingerprint density at radius 3 is 2.67 bits per heavy atom. The van der Waals surface area contributed by atoms with Gasteiger partial charge in [0.25, 0.3) is 0 Å². The molecule has 0 fully saturated rings. The topological polar surface area (TPSA) is 56.5 Å². The summed E-state index contributed by atoms with van der Waals surface area (Å²) in [5.41, 5.74) is 2.69. The Morgan fingerprint density at radius 1 is 1.07 bits per heavy atom. The van der Waals surface area contributed by atoms with E-state index >= 15 is 0 Å². The molecule has 3 aromatic rings. The van der Waals surface area contributed by atoms with Gasteiger partial charge in [-0.25, -0.2) is 9.79 Å². The van der Waals surface area contributed by atoms with Gasteiger partial charge in [-0.3, -0.25) is 4.68 Å². The van der Waals surface area contributed by atoms with Gasteiger partial charge in [0.05, 0.1) is 22.8 Å². The van der Waals surface area contributed by atoms with Crippen molar-refractivity contribution in [1.29, 1.82) is 0 Å². The van der Waals surface area contributed by atoms with Crippen LogP contribution in [-0.2, 0) is 16.1 Å². The molecule has 5 nitrogen and oxygen atoms in total. The first-order valence-corrected chi connectivity index (χ1v) is 8.88. The molecule has 2 aromatic carbocycles. The van der Waals surface area contributed by atoms with E-state index in [0.29, 0.717) is 22.2 Å². The molecule has 2 heterocycles. The number of halogens is 2. The minimum absolute atomic E-state index is 0.196. The molecule has 0 aliphatic carbocycles. The fraction of sp³-hybridized carbons (Fsp3) is 0.0500. The van der Waals surface area contributed by atoms with Crippen molar-refractivity contribution in [1.82, 2.24) is 9.78 Å². The SMILES string of the molecule is O=C1OC(c2ccc(Cl)c(Cl)c2)=NC1=Cc1cnn(Cc2ccccc2)c1. The van der Waals surface area contributed by atoms with E-state index in [1.54, 1.807) is 35.2 Å². The van der Waals surface area contributed by atoms with Crippen molar-refractivity contribution in [2.75, 3.05) is 0 Å². The number of carbonyl (C=O) groups excluding carboxylic acids is 1. The summed E-state index contributed by atoms with van der Waals surface area (Å²) in [6.07, 6.45) is 5.16. The van der Waals surface area contributed by atoms with Crippen molar-refractivity contribution < 1.29 is 9.53 Å². The van der Waals surface area contributed by atoms with Gasteiger partial charge in [0.15, 0.2) is 5.70 Å². The van der Waals surface area contributed by atoms with Crippen molar-refractivity contribution in [3.63, 3.8) is 0 Å². The number of cyclic esters (lactones) is 1. The molecule has 0 radical (unpaired) electrons. The molecular formula is C20H13Cl2N3O2. The molecule has 0 saturated carbocycles. The third kappa shape index (κ3) is 3.94. The van der Waals surface area contributed by atoms with Gasteiger partial charge in [-0.2, -0.15) is 5.10 Å². The zero-order valence-corrected chi connectivity index (χ0v) is 15.5. The molecule has 0 unspecified atom stereocenters. The van der Waals surface area contributed by atoms with Crippen LogP contribution in [0.15, 0.2) is 71.6 Å². The largest absolute Gasteiger partial charge is 0.402 e. The Kier molecular flexibility index (Phi) is 4.79. The first-order chi connectivity index (χ1) is 13.1. The average Bonchev–Trinajstić information content (AvgIpc) is 3.25. The summed E-state index contributed by atoms with van der Waals surface area (Å²) in [4.78, 5) is 16.4. The van der Waals surface area contributed by atoms with E-state index in [1.165, 1.54) is 0 Å². The summed E-state index contributed by atoms with van der Waals surface area (Å²) in [6.45, 7) is 0.645. The number of nitrogens with zero attached hydrogens (tertiary/aromatic N) is 3. The molecule has 0 spiro atoms. The standard InChI is InChI=1S/C20H13Cl2N3O2/c21-16-7-6-15(9-17(16)22)19-24-18(20(26)27-19)8-14-10-23-25(12-14)11-13-4-2-1-3-5-13/h1-10,12H,11H2. The first kappa shape index (κ1) is 17.5. The van der Waals surface area contributed by atoms with Crippen LogP contribution < -0.4 is 0 Å². The predicted molar refractivity (Wildman–Crippen MR) is 105 cm³/mol. The monoisotopic (exact) mass is 397 g/mol. The lowest BCUT2D eigenvalue weighted by molar-refractivity contribution is -0.129. The predicted octanol–water partition coefficient (Wildman–Crippen LogP) is 4.58. The van der Waals surface area contributed by atoms with Gasteiger partial charge in [-0.1, -0.05) is 53.5 Å². The normalized spacial score (nSPS) is 15.1. The zero-order valence-electron chi connectivity index (χ0n) is 14.0. The second-order valence-electron chi connectivity index (χ2n) is 5.92. The molecule has 4 rings (SSSR count). The number of aromatic nitrogens is 2. The lowest BCUT2D eigenvalue weighted by Gasteiger charge is -2.01. The lowest BCUT2D eigenvalue weighted by Crippen LogP contribution is -2.05. The third-order valence-electron chi connectivity index (χ3n) is 3.93. The van der Waals surface area contributed by atoms with E-state index in [-0.39, 0.29) is 11.6 Å². The number of benzene rings is 2. The fourth-order valence-corrected chi connectivity index (χ4v) is 2.93. The van der Waals surface area contributed by atoms with E-state index in [0.717, 1.165) is 11.1 Å². The van der Waals surface area contributed by atoms with Crippen molar-refractivity contribution in [3.8, 4) is 0 Å². The van der Waals surface area contributed by atoms with Crippen LogP contribution >= 0.6 is 23.2 Å². The first-order valence-electron chi connectivity index (χ1n) is 8.13. The molecule has 7 heteroatoms. The van der Waals surface area contributed by atoms with E-state index in [1.807, 2.05) is 36.5 Å². The van der Waals surface area contributed by atoms with Crippen molar-refractivity contribution >= 4 is 41.1 Å². The fourth-order valence-electron chi connectivity index (χ4n) is 2.63. The molecular weight excluding hydrogens is 385 g/mol. The highest BCUT2D eigenvalue weighted by Gasteiger charge is 2.24. The van der Waals surface area contributed by atoms with Crippen LogP contribution in [0, 0.1) is 0 Å². The maximum atomic E-state index is 12.1. The van der Waals surface area contributed by atoms with Gasteiger partial charge in [-0.15, -0.1) is 0 Å². The Bertz CT molecular complexity index is 1070. The van der Waals surface area contributed by atoms with Crippen LogP contribution in [0.1, 0.15) is 16.7 Å². The third-order valence-corrected chi connectivity index (χ3v) is 4.67. The molecule has 0 amide bonds. The highest BCUT2D eigenvalue weighted by Crippen LogP contribution is 2.25. The van der Waals surface area contributed by atoms with Gasteiger partial charge in [0, 0.05) is 17.3 Å². The van der Waals surface area contributed by atoms with Gasteiger partial charge in [0.2, 0.25) is 5.90 Å². The van der Waals surface area contributed by atoms with E-state index in [9.17, 15) is 4.79 Å². The summed E-state index contributed by atoms with van der Waals surface area (Å²) in [6, 6.07) is 14.9. The van der Waals surface area contributed by atoms with Crippen LogP contribution in [-0.4, -0.2) is 21.6 Å². The van der Waals surface area contributed by atoms with Crippen LogP contribution in [0.4, 0.5) is 0 Å². The number of esters is 1. The van der Waals surface area contributed by atoms with Crippen LogP contribution in [0.5, 0.6) is 0 Å². The van der Waals surface area contributed by atoms with Crippen LogP contribution in [0.25, 0.3) is 6.08 Å². The van der Waals surface area contributed by atoms with Crippen molar-refractivity contribution in [2.24, 2.45) is 4.99 Å². The molecule has 1 aliphatic rings. The summed E-state index contributed by atoms with van der Waals surface area (Å²) in [7, 11) is 0. The molecule has 134 valence electrons. The number of hydrogen-bond donors (Lipinski definition) is 0. The lowest BCUT2D eigenvalue weighted by atomic mass is 10.2. The van der Waals surface area contributed by atoms with E-state index in [2.05, 4.69) is 10.1 Å². The van der Waals surface area contributed by atoms with Gasteiger partial charge in [0.1, 0.15) is 0 Å². The zero-order chi connectivity index (χ0) is 18.8. The minimum Gasteiger partial charge on any atom is -0.402 e. The van der Waals surface area contributed by atoms with Crippen molar-refractivity contribution in [3.05, 3.63) is 93.4 Å². The van der Waals surface area contributed by atoms with Crippen LogP contribution in [0.2, 0.25) is 10.0 Å². The molecule has 0 atom stereocenters. The Morgan fingerprint density at radius 2 is 1.89 bits per heavy atom. The Labute approximate surface area is 165 Å². The summed E-state index contributed by atoms with van der Waals surface area (Å²) in [5, 5.41) is 5.11. The molecule has 27 heavy (non-hydrogen) atoms. The molecule has 0 saturated heterocycles. The molecule has 1 aliphatic heterocycles. The second kappa shape index (κ2) is 7.39. The Balaban J connectivity index is 1.56. The van der Waals surface area contributed by atoms with E-state index < -0.39 is 5.97 Å². The van der Waals surface area contributed by atoms with Gasteiger partial charge in [-0.05, 0) is 29.8 Å². The summed E-state index contributed by atoms with van der Waals surface area (Å²) in [5.74, 6) is -0.326. The second-order valence-corrected chi connectivity index (χ2v) is 6.74. The maximum absolute atomic E-state index is 12.1. The molecule has 1 aromatic heterocycles. The number of ether oxygens (including phenoxy) is 1. The number of rotatable bonds is 4. The highest BCUT2D eigenvalue weighted by atomic mass is 35.5. The number of hydrogen-bond acceptors (Lipinski definition) is 4. The summed E-state index contributed by atoms with van der Waals surface area (Å²) < 4.78 is 7.04. The van der Waals surface area contributed by atoms with Gasteiger partial charge >= 0.3 is 5.97 Å². The number of carbonyl (C=O) groups is 1. The molecule has 0 N–H and O–H groups in total. The van der Waals surface area contributed by atoms with E-state index in [4.69, 9.17) is 27.9 Å². The van der Waals surface area contributed by atoms with Crippen LogP contribution in [0.3, 0.4) is 0 Å². The highest BCUT2D eigenvalue weighted by molar-refractivity contribution is 6.42.